The molecule has 1 N–H and O–H groups in total. The predicted octanol–water partition coefficient (Wildman–Crippen LogP) is 6.85. The van der Waals surface area contributed by atoms with Crippen LogP contribution in [0.2, 0.25) is 10.0 Å². The van der Waals surface area contributed by atoms with Crippen LogP contribution in [0, 0.1) is 0 Å². The van der Waals surface area contributed by atoms with Gasteiger partial charge in [-0.2, -0.15) is 0 Å². The minimum Gasteiger partial charge on any atom is -0.506 e. The number of hydrogen-bond acceptors (Lipinski definition) is 9. The van der Waals surface area contributed by atoms with Crippen molar-refractivity contribution in [1.82, 2.24) is 4.90 Å². The molecule has 0 spiro atoms. The van der Waals surface area contributed by atoms with Crippen LogP contribution in [0.4, 0.5) is 0 Å². The molecule has 1 aliphatic rings. The number of carbonyl (C=O) groups is 2. The number of benzene rings is 4. The minimum absolute atomic E-state index is 0.0247. The van der Waals surface area contributed by atoms with Crippen molar-refractivity contribution in [2.75, 3.05) is 13.0 Å². The van der Waals surface area contributed by atoms with Crippen LogP contribution in [-0.2, 0) is 29.8 Å². The molecular weight excluding hydrogens is 707 g/mol. The molecular formula is C33H27Cl3N2O7S2. The Balaban J connectivity index is 1.50. The van der Waals surface area contributed by atoms with Crippen LogP contribution in [-0.4, -0.2) is 67.0 Å². The van der Waals surface area contributed by atoms with E-state index >= 15 is 0 Å². The van der Waals surface area contributed by atoms with Crippen molar-refractivity contribution in [3.63, 3.8) is 0 Å². The van der Waals surface area contributed by atoms with Crippen molar-refractivity contribution in [1.29, 1.82) is 0 Å². The molecule has 0 aromatic heterocycles. The smallest absolute Gasteiger partial charge is 0.333 e. The van der Waals surface area contributed by atoms with Crippen molar-refractivity contribution < 1.29 is 32.6 Å². The van der Waals surface area contributed by atoms with E-state index in [9.17, 15) is 23.1 Å². The lowest BCUT2D eigenvalue weighted by atomic mass is 9.99. The maximum Gasteiger partial charge on any atom is 0.333 e. The van der Waals surface area contributed by atoms with E-state index in [1.165, 1.54) is 31.5 Å². The standard InChI is InChI=1S/C33H27Cl3N2O7S2/c1-19(16-34)29(33(41)45-18-20-10-12-24(44-2)13-11-20)38-31(40)28(37-17-22-14-23(35)15-26(36)30(22)39)32(38)46-47(42,43)27-9-5-7-21-6-3-4-8-25(21)27/h3-15,17,28-29,32,39H,1,16,18H2,2H3. The summed E-state index contributed by atoms with van der Waals surface area (Å²) in [4.78, 5) is 32.7. The van der Waals surface area contributed by atoms with Crippen molar-refractivity contribution in [3.05, 3.63) is 112 Å². The Morgan fingerprint density at radius 1 is 1.11 bits per heavy atom. The van der Waals surface area contributed by atoms with Gasteiger partial charge in [0.25, 0.3) is 5.91 Å². The van der Waals surface area contributed by atoms with Crippen molar-refractivity contribution in [2.45, 2.75) is 29.0 Å². The molecule has 4 aromatic rings. The van der Waals surface area contributed by atoms with Crippen LogP contribution in [0.3, 0.4) is 0 Å². The molecule has 0 radical (unpaired) electrons. The Hall–Kier alpha value is -3.74. The second kappa shape index (κ2) is 14.6. The number of esters is 1. The normalized spacial score (nSPS) is 17.0. The van der Waals surface area contributed by atoms with Crippen molar-refractivity contribution >= 4 is 83.3 Å². The van der Waals surface area contributed by atoms with Gasteiger partial charge in [-0.25, -0.2) is 13.2 Å². The number of phenols is 1. The SMILES string of the molecule is C=C(CCl)C(C(=O)OCc1ccc(OC)cc1)N1C(=O)C(N=Cc2cc(Cl)cc(Cl)c2O)C1SS(=O)(=O)c1cccc2ccccc12. The van der Waals surface area contributed by atoms with Gasteiger partial charge in [0.15, 0.2) is 12.1 Å². The third kappa shape index (κ3) is 7.39. The number of methoxy groups -OCH3 is 1. The van der Waals surface area contributed by atoms with Gasteiger partial charge in [-0.3, -0.25) is 9.79 Å². The zero-order valence-electron chi connectivity index (χ0n) is 24.7. The fraction of sp³-hybridized carbons (Fsp3) is 0.182. The Bertz CT molecular complexity index is 1980. The number of hydrogen-bond donors (Lipinski definition) is 1. The molecule has 3 atom stereocenters. The number of phenolic OH excluding ortho intramolecular Hbond substituents is 1. The molecule has 1 amide bonds. The number of rotatable bonds is 12. The number of likely N-dealkylation sites (tertiary alicyclic amines) is 1. The van der Waals surface area contributed by atoms with Gasteiger partial charge in [0.05, 0.1) is 17.0 Å². The van der Waals surface area contributed by atoms with Crippen molar-refractivity contribution in [3.8, 4) is 11.5 Å². The lowest BCUT2D eigenvalue weighted by Gasteiger charge is -2.47. The second-order valence-corrected chi connectivity index (χ2v) is 15.4. The number of ether oxygens (including phenoxy) is 2. The number of aromatic hydroxyl groups is 1. The first kappa shape index (κ1) is 34.6. The van der Waals surface area contributed by atoms with E-state index in [1.54, 1.807) is 60.7 Å². The first-order valence-corrected chi connectivity index (χ1v) is 18.1. The second-order valence-electron chi connectivity index (χ2n) is 10.4. The van der Waals surface area contributed by atoms with Crippen LogP contribution in [0.25, 0.3) is 10.8 Å². The summed E-state index contributed by atoms with van der Waals surface area (Å²) in [6.07, 6.45) is 1.18. The topological polar surface area (TPSA) is 123 Å². The van der Waals surface area contributed by atoms with Crippen LogP contribution in [0.1, 0.15) is 11.1 Å². The average molecular weight is 734 g/mol. The summed E-state index contributed by atoms with van der Waals surface area (Å²) in [6.45, 7) is 3.75. The molecule has 9 nitrogen and oxygen atoms in total. The number of β-lactam (4-membered cyclic amide) rings is 1. The number of carbonyl (C=O) groups excluding carboxylic acids is 2. The van der Waals surface area contributed by atoms with E-state index in [0.29, 0.717) is 32.9 Å². The summed E-state index contributed by atoms with van der Waals surface area (Å²) in [5.41, 5.74) is 0.876. The van der Waals surface area contributed by atoms with E-state index in [2.05, 4.69) is 11.6 Å². The highest BCUT2D eigenvalue weighted by atomic mass is 35.5. The third-order valence-electron chi connectivity index (χ3n) is 7.33. The predicted molar refractivity (Wildman–Crippen MR) is 185 cm³/mol. The first-order chi connectivity index (χ1) is 22.4. The minimum atomic E-state index is -4.16. The monoisotopic (exact) mass is 732 g/mol. The van der Waals surface area contributed by atoms with Gasteiger partial charge >= 0.3 is 5.97 Å². The lowest BCUT2D eigenvalue weighted by Crippen LogP contribution is -2.68. The number of nitrogens with zero attached hydrogens (tertiary/aromatic N) is 2. The number of halogens is 3. The number of aliphatic imine (C=N–C) groups is 1. The zero-order valence-corrected chi connectivity index (χ0v) is 28.6. The lowest BCUT2D eigenvalue weighted by molar-refractivity contribution is -0.161. The van der Waals surface area contributed by atoms with Gasteiger partial charge < -0.3 is 19.5 Å². The quantitative estimate of drug-likeness (QED) is 0.0419. The number of fused-ring (bicyclic) bond motifs is 1. The van der Waals surface area contributed by atoms with E-state index < -0.39 is 38.2 Å². The summed E-state index contributed by atoms with van der Waals surface area (Å²) in [6, 6.07) is 18.7. The number of amides is 1. The third-order valence-corrected chi connectivity index (χ3v) is 11.9. The molecule has 4 aromatic carbocycles. The Kier molecular flexibility index (Phi) is 10.7. The molecule has 0 aliphatic carbocycles. The highest BCUT2D eigenvalue weighted by Crippen LogP contribution is 2.43. The van der Waals surface area contributed by atoms with Gasteiger partial charge in [0, 0.05) is 38.9 Å². The van der Waals surface area contributed by atoms with Crippen LogP contribution >= 0.6 is 45.6 Å². The molecule has 3 unspecified atom stereocenters. The summed E-state index contributed by atoms with van der Waals surface area (Å²) in [5, 5.41) is 10.6. The summed E-state index contributed by atoms with van der Waals surface area (Å²) in [5.74, 6) is -1.47. The summed E-state index contributed by atoms with van der Waals surface area (Å²) >= 11 is 18.3. The van der Waals surface area contributed by atoms with Gasteiger partial charge in [-0.05, 0) is 46.9 Å². The van der Waals surface area contributed by atoms with Gasteiger partial charge in [0.2, 0.25) is 8.87 Å². The fourth-order valence-corrected chi connectivity index (χ4v) is 9.37. The molecule has 1 fully saturated rings. The molecule has 5 rings (SSSR count). The summed E-state index contributed by atoms with van der Waals surface area (Å²) in [7, 11) is -2.18. The average Bonchev–Trinajstić information content (AvgIpc) is 3.07. The molecule has 0 saturated carbocycles. The highest BCUT2D eigenvalue weighted by molar-refractivity contribution is 8.72. The maximum absolute atomic E-state index is 14.0. The van der Waals surface area contributed by atoms with Crippen molar-refractivity contribution in [2.24, 2.45) is 4.99 Å². The van der Waals surface area contributed by atoms with Gasteiger partial charge in [-0.15, -0.1) is 11.6 Å². The van der Waals surface area contributed by atoms with E-state index in [0.717, 1.165) is 4.90 Å². The molecule has 1 saturated heterocycles. The fourth-order valence-electron chi connectivity index (χ4n) is 4.93. The Labute approximate surface area is 290 Å². The van der Waals surface area contributed by atoms with Gasteiger partial charge in [-0.1, -0.05) is 78.3 Å². The molecule has 0 bridgehead atoms. The summed E-state index contributed by atoms with van der Waals surface area (Å²) < 4.78 is 38.7. The molecule has 14 heteroatoms. The van der Waals surface area contributed by atoms with E-state index in [1.807, 2.05) is 0 Å². The number of alkyl halides is 1. The van der Waals surface area contributed by atoms with Crippen LogP contribution < -0.4 is 4.74 Å². The van der Waals surface area contributed by atoms with E-state index in [4.69, 9.17) is 44.3 Å². The Morgan fingerprint density at radius 2 is 1.81 bits per heavy atom. The highest BCUT2D eigenvalue weighted by Gasteiger charge is 2.55. The maximum atomic E-state index is 14.0. The largest absolute Gasteiger partial charge is 0.506 e. The Morgan fingerprint density at radius 3 is 2.51 bits per heavy atom. The molecule has 244 valence electrons. The zero-order chi connectivity index (χ0) is 33.9. The van der Waals surface area contributed by atoms with Crippen LogP contribution in [0.5, 0.6) is 11.5 Å². The van der Waals surface area contributed by atoms with Crippen LogP contribution in [0.15, 0.2) is 101 Å². The molecule has 1 heterocycles. The molecule has 47 heavy (non-hydrogen) atoms. The molecule has 1 aliphatic heterocycles. The van der Waals surface area contributed by atoms with E-state index in [-0.39, 0.29) is 44.3 Å². The first-order valence-electron chi connectivity index (χ1n) is 13.9. The van der Waals surface area contributed by atoms with Gasteiger partial charge in [0.1, 0.15) is 23.5 Å².